The maximum absolute atomic E-state index is 13.7. The van der Waals surface area contributed by atoms with Gasteiger partial charge in [0.1, 0.15) is 5.82 Å². The second-order valence-electron chi connectivity index (χ2n) is 9.78. The molecule has 202 valence electrons. The van der Waals surface area contributed by atoms with Crippen molar-refractivity contribution < 1.29 is 23.8 Å². The molecule has 0 atom stereocenters. The van der Waals surface area contributed by atoms with Crippen molar-refractivity contribution in [2.24, 2.45) is 5.41 Å². The Hall–Kier alpha value is -3.45. The van der Waals surface area contributed by atoms with Crippen molar-refractivity contribution in [3.8, 4) is 22.6 Å². The molecule has 2 aliphatic rings. The van der Waals surface area contributed by atoms with Gasteiger partial charge in [0.15, 0.2) is 5.82 Å². The first-order chi connectivity index (χ1) is 18.4. The van der Waals surface area contributed by atoms with Crippen LogP contribution in [0.1, 0.15) is 31.9 Å². The van der Waals surface area contributed by atoms with Gasteiger partial charge in [-0.15, -0.1) is 0 Å². The predicted octanol–water partition coefficient (Wildman–Crippen LogP) is 2.00. The van der Waals surface area contributed by atoms with Crippen LogP contribution < -0.4 is 16.0 Å². The van der Waals surface area contributed by atoms with E-state index in [1.165, 1.54) is 12.1 Å². The third kappa shape index (κ3) is 5.83. The smallest absolute Gasteiger partial charge is 0.230 e. The monoisotopic (exact) mass is 525 g/mol. The van der Waals surface area contributed by atoms with Crippen molar-refractivity contribution in [2.75, 3.05) is 44.8 Å². The lowest BCUT2D eigenvalue weighted by Gasteiger charge is -2.35. The van der Waals surface area contributed by atoms with Crippen LogP contribution in [0.2, 0.25) is 0 Å². The van der Waals surface area contributed by atoms with E-state index in [1.54, 1.807) is 31.3 Å². The van der Waals surface area contributed by atoms with Gasteiger partial charge in [0.2, 0.25) is 18.1 Å². The van der Waals surface area contributed by atoms with Gasteiger partial charge in [-0.3, -0.25) is 4.79 Å². The second-order valence-corrected chi connectivity index (χ2v) is 9.78. The van der Waals surface area contributed by atoms with E-state index in [4.69, 9.17) is 24.5 Å². The molecular formula is C26H32FN7O4. The molecule has 2 saturated heterocycles. The van der Waals surface area contributed by atoms with Gasteiger partial charge in [-0.05, 0) is 63.2 Å². The van der Waals surface area contributed by atoms with Gasteiger partial charge >= 0.3 is 0 Å². The summed E-state index contributed by atoms with van der Waals surface area (Å²) in [4.78, 5) is 29.7. The first kappa shape index (κ1) is 26.2. The largest absolute Gasteiger partial charge is 0.395 e. The lowest BCUT2D eigenvalue weighted by molar-refractivity contribution is -0.231. The Labute approximate surface area is 219 Å². The zero-order chi connectivity index (χ0) is 26.5. The van der Waals surface area contributed by atoms with Gasteiger partial charge in [0, 0.05) is 24.3 Å². The van der Waals surface area contributed by atoms with E-state index < -0.39 is 11.7 Å². The number of aromatic nitrogens is 4. The maximum Gasteiger partial charge on any atom is 0.230 e. The minimum Gasteiger partial charge on any atom is -0.395 e. The summed E-state index contributed by atoms with van der Waals surface area (Å²) in [5.41, 5.74) is 1.58. The summed E-state index contributed by atoms with van der Waals surface area (Å²) < 4.78 is 25.5. The number of nitrogens with one attached hydrogen (secondary N) is 4. The summed E-state index contributed by atoms with van der Waals surface area (Å²) >= 11 is 0. The lowest BCUT2D eigenvalue weighted by Crippen LogP contribution is -2.49. The number of ether oxygens (including phenoxy) is 2. The van der Waals surface area contributed by atoms with Crippen molar-refractivity contribution in [3.05, 3.63) is 48.2 Å². The van der Waals surface area contributed by atoms with Crippen molar-refractivity contribution in [1.82, 2.24) is 30.6 Å². The normalized spacial score (nSPS) is 22.2. The molecule has 0 aliphatic carbocycles. The highest BCUT2D eigenvalue weighted by molar-refractivity contribution is 5.82. The number of benzene rings is 1. The predicted molar refractivity (Wildman–Crippen MR) is 137 cm³/mol. The van der Waals surface area contributed by atoms with E-state index in [9.17, 15) is 9.18 Å². The van der Waals surface area contributed by atoms with Crippen molar-refractivity contribution >= 4 is 11.9 Å². The number of aliphatic hydroxyl groups is 1. The van der Waals surface area contributed by atoms with Crippen LogP contribution in [0.25, 0.3) is 22.6 Å². The van der Waals surface area contributed by atoms with Gasteiger partial charge in [0.25, 0.3) is 0 Å². The maximum atomic E-state index is 13.7. The Morgan fingerprint density at radius 3 is 2.61 bits per heavy atom. The highest BCUT2D eigenvalue weighted by atomic mass is 19.1. The van der Waals surface area contributed by atoms with Crippen molar-refractivity contribution in [2.45, 2.75) is 32.1 Å². The van der Waals surface area contributed by atoms with Crippen molar-refractivity contribution in [1.29, 1.82) is 0 Å². The van der Waals surface area contributed by atoms with Crippen LogP contribution in [-0.2, 0) is 14.3 Å². The number of halogens is 1. The van der Waals surface area contributed by atoms with Crippen LogP contribution in [0.15, 0.2) is 36.5 Å². The van der Waals surface area contributed by atoms with Crippen LogP contribution in [0.3, 0.4) is 0 Å². The molecule has 1 aromatic carbocycles. The topological polar surface area (TPSA) is 146 Å². The summed E-state index contributed by atoms with van der Waals surface area (Å²) in [7, 11) is 0. The zero-order valence-electron chi connectivity index (χ0n) is 21.2. The Bertz CT molecular complexity index is 1240. The molecule has 0 spiro atoms. The number of hydrogen-bond acceptors (Lipinski definition) is 9. The molecule has 12 heteroatoms. The van der Waals surface area contributed by atoms with E-state index in [2.05, 4.69) is 25.9 Å². The molecule has 2 aliphatic heterocycles. The number of anilines is 1. The summed E-state index contributed by atoms with van der Waals surface area (Å²) in [6.45, 7) is 3.85. The summed E-state index contributed by atoms with van der Waals surface area (Å²) in [6, 6.07) is 8.12. The highest BCUT2D eigenvalue weighted by Crippen LogP contribution is 2.35. The van der Waals surface area contributed by atoms with Gasteiger partial charge < -0.3 is 35.5 Å². The lowest BCUT2D eigenvalue weighted by atomic mass is 9.91. The molecule has 0 unspecified atom stereocenters. The Morgan fingerprint density at radius 1 is 1.16 bits per heavy atom. The molecule has 38 heavy (non-hydrogen) atoms. The van der Waals surface area contributed by atoms with Crippen molar-refractivity contribution in [3.63, 3.8) is 0 Å². The SMILES string of the molecule is CC1(C(=O)NCCO)COC(c2nc(-c3ccc(F)cc3)c(-c3ccnc(NC4CCNCC4)n3)[nH]2)OC1. The van der Waals surface area contributed by atoms with Gasteiger partial charge in [-0.2, -0.15) is 0 Å². The van der Waals surface area contributed by atoms with Gasteiger partial charge in [-0.25, -0.2) is 19.3 Å². The van der Waals surface area contributed by atoms with Crippen LogP contribution in [0.5, 0.6) is 0 Å². The van der Waals surface area contributed by atoms with E-state index in [0.29, 0.717) is 34.4 Å². The van der Waals surface area contributed by atoms with E-state index >= 15 is 0 Å². The number of amides is 1. The fourth-order valence-electron chi connectivity index (χ4n) is 4.50. The average Bonchev–Trinajstić information content (AvgIpc) is 3.39. The summed E-state index contributed by atoms with van der Waals surface area (Å²) in [6.07, 6.45) is 2.81. The fraction of sp³-hybridized carbons (Fsp3) is 0.462. The number of carbonyl (C=O) groups is 1. The zero-order valence-corrected chi connectivity index (χ0v) is 21.2. The number of piperidine rings is 1. The average molecular weight is 526 g/mol. The van der Waals surface area contributed by atoms with Crippen LogP contribution in [0, 0.1) is 11.2 Å². The molecule has 0 saturated carbocycles. The van der Waals surface area contributed by atoms with Gasteiger partial charge in [0.05, 0.1) is 42.3 Å². The number of aliphatic hydroxyl groups excluding tert-OH is 1. The molecule has 3 aromatic rings. The quantitative estimate of drug-likeness (QED) is 0.298. The third-order valence-corrected chi connectivity index (χ3v) is 6.70. The molecule has 2 fully saturated rings. The van der Waals surface area contributed by atoms with Crippen LogP contribution in [0.4, 0.5) is 10.3 Å². The molecule has 11 nitrogen and oxygen atoms in total. The molecule has 0 radical (unpaired) electrons. The minimum atomic E-state index is -0.900. The molecule has 1 amide bonds. The first-order valence-corrected chi connectivity index (χ1v) is 12.7. The second kappa shape index (κ2) is 11.5. The number of rotatable bonds is 8. The molecule has 4 heterocycles. The highest BCUT2D eigenvalue weighted by Gasteiger charge is 2.40. The van der Waals surface area contributed by atoms with Crippen LogP contribution in [-0.4, -0.2) is 76.4 Å². The first-order valence-electron chi connectivity index (χ1n) is 12.7. The van der Waals surface area contributed by atoms with E-state index in [-0.39, 0.29) is 44.1 Å². The fourth-order valence-corrected chi connectivity index (χ4v) is 4.50. The van der Waals surface area contributed by atoms with Crippen LogP contribution >= 0.6 is 0 Å². The number of nitrogens with zero attached hydrogens (tertiary/aromatic N) is 3. The Balaban J connectivity index is 1.41. The number of imidazole rings is 1. The minimum absolute atomic E-state index is 0.106. The molecule has 0 bridgehead atoms. The standard InChI is InChI=1S/C26H32FN7O4/c1-26(24(36)29-12-13-35)14-37-23(38-15-26)22-33-20(16-2-4-17(27)5-3-16)21(34-22)19-8-11-30-25(32-19)31-18-6-9-28-10-7-18/h2-5,8,11,18,23,28,35H,6-7,9-10,12-15H2,1H3,(H,29,36)(H,33,34)(H,30,31,32). The number of carbonyl (C=O) groups excluding carboxylic acids is 1. The number of aromatic amines is 1. The Morgan fingerprint density at radius 2 is 1.89 bits per heavy atom. The molecular weight excluding hydrogens is 493 g/mol. The van der Waals surface area contributed by atoms with Gasteiger partial charge in [-0.1, -0.05) is 0 Å². The third-order valence-electron chi connectivity index (χ3n) is 6.70. The summed E-state index contributed by atoms with van der Waals surface area (Å²) in [5, 5.41) is 18.4. The number of H-pyrrole nitrogens is 1. The summed E-state index contributed by atoms with van der Waals surface area (Å²) in [5.74, 6) is 0.320. The van der Waals surface area contributed by atoms with E-state index in [1.807, 2.05) is 0 Å². The molecule has 5 rings (SSSR count). The number of hydrogen-bond donors (Lipinski definition) is 5. The Kier molecular flexibility index (Phi) is 7.93. The molecule has 5 N–H and O–H groups in total. The molecule has 2 aromatic heterocycles. The van der Waals surface area contributed by atoms with E-state index in [0.717, 1.165) is 25.9 Å².